The number of carbonyl (C=O) groups excluding carboxylic acids is 1. The van der Waals surface area contributed by atoms with Gasteiger partial charge in [-0.15, -0.1) is 0 Å². The van der Waals surface area contributed by atoms with Crippen molar-refractivity contribution in [3.63, 3.8) is 0 Å². The molecular weight excluding hydrogens is 172 g/mol. The summed E-state index contributed by atoms with van der Waals surface area (Å²) in [6.07, 6.45) is 5.58. The predicted octanol–water partition coefficient (Wildman–Crippen LogP) is 2.10. The monoisotopic (exact) mass is 184 g/mol. The molecule has 12 heavy (non-hydrogen) atoms. The van der Waals surface area contributed by atoms with E-state index in [0.29, 0.717) is 10.5 Å². The quantitative estimate of drug-likeness (QED) is 0.584. The Bertz CT molecular complexity index is 235. The third-order valence-corrected chi connectivity index (χ3v) is 3.72. The van der Waals surface area contributed by atoms with Crippen molar-refractivity contribution in [1.82, 2.24) is 0 Å². The van der Waals surface area contributed by atoms with Gasteiger partial charge in [0.2, 0.25) is 0 Å². The Hall–Kier alpha value is -0.440. The van der Waals surface area contributed by atoms with Gasteiger partial charge < -0.3 is 4.74 Å². The van der Waals surface area contributed by atoms with Gasteiger partial charge in [-0.1, -0.05) is 0 Å². The zero-order valence-electron chi connectivity index (χ0n) is 7.08. The standard InChI is InChI=1S/C9H12O2S/c1-6(10)11-7-4-8-2-3-9(5-7)12-8/h4,8-9H,2-3,5H2,1H3. The third-order valence-electron chi connectivity index (χ3n) is 2.22. The molecule has 2 heterocycles. The molecule has 66 valence electrons. The van der Waals surface area contributed by atoms with E-state index in [9.17, 15) is 4.79 Å². The van der Waals surface area contributed by atoms with Gasteiger partial charge in [0.05, 0.1) is 0 Å². The van der Waals surface area contributed by atoms with Crippen molar-refractivity contribution in [2.24, 2.45) is 0 Å². The summed E-state index contributed by atoms with van der Waals surface area (Å²) in [6, 6.07) is 0. The highest BCUT2D eigenvalue weighted by molar-refractivity contribution is 8.01. The molecule has 0 aliphatic carbocycles. The summed E-state index contributed by atoms with van der Waals surface area (Å²) in [5, 5.41) is 1.31. The molecule has 0 spiro atoms. The van der Waals surface area contributed by atoms with Crippen molar-refractivity contribution in [2.75, 3.05) is 0 Å². The summed E-state index contributed by atoms with van der Waals surface area (Å²) in [4.78, 5) is 10.7. The van der Waals surface area contributed by atoms with Crippen LogP contribution in [-0.4, -0.2) is 16.5 Å². The molecule has 2 aliphatic heterocycles. The Morgan fingerprint density at radius 1 is 1.67 bits per heavy atom. The summed E-state index contributed by atoms with van der Waals surface area (Å²) in [5.41, 5.74) is 0. The first-order chi connectivity index (χ1) is 5.74. The molecule has 2 unspecified atom stereocenters. The molecule has 1 fully saturated rings. The second-order valence-electron chi connectivity index (χ2n) is 3.30. The molecular formula is C9H12O2S. The SMILES string of the molecule is CC(=O)OC1=CC2CCC(C1)S2. The van der Waals surface area contributed by atoms with Crippen molar-refractivity contribution in [2.45, 2.75) is 36.7 Å². The van der Waals surface area contributed by atoms with Gasteiger partial charge in [-0.05, 0) is 18.9 Å². The van der Waals surface area contributed by atoms with Gasteiger partial charge in [-0.2, -0.15) is 11.8 Å². The number of carbonyl (C=O) groups is 1. The molecule has 3 heteroatoms. The first-order valence-corrected chi connectivity index (χ1v) is 5.23. The zero-order valence-corrected chi connectivity index (χ0v) is 7.89. The van der Waals surface area contributed by atoms with E-state index < -0.39 is 0 Å². The number of rotatable bonds is 1. The van der Waals surface area contributed by atoms with Crippen molar-refractivity contribution < 1.29 is 9.53 Å². The molecule has 0 N–H and O–H groups in total. The number of hydrogen-bond donors (Lipinski definition) is 0. The average molecular weight is 184 g/mol. The number of allylic oxidation sites excluding steroid dienone is 1. The van der Waals surface area contributed by atoms with Gasteiger partial charge in [0, 0.05) is 23.8 Å². The van der Waals surface area contributed by atoms with Gasteiger partial charge in [-0.25, -0.2) is 0 Å². The molecule has 2 aliphatic rings. The van der Waals surface area contributed by atoms with E-state index in [1.54, 1.807) is 0 Å². The van der Waals surface area contributed by atoms with Gasteiger partial charge >= 0.3 is 5.97 Å². The number of ether oxygens (including phenoxy) is 1. The lowest BCUT2D eigenvalue weighted by molar-refractivity contribution is -0.137. The lowest BCUT2D eigenvalue weighted by Crippen LogP contribution is -2.10. The van der Waals surface area contributed by atoms with Crippen LogP contribution in [-0.2, 0) is 9.53 Å². The number of fused-ring (bicyclic) bond motifs is 2. The van der Waals surface area contributed by atoms with Crippen LogP contribution in [0, 0.1) is 0 Å². The van der Waals surface area contributed by atoms with Crippen LogP contribution in [0.15, 0.2) is 11.8 Å². The van der Waals surface area contributed by atoms with Gasteiger partial charge in [0.25, 0.3) is 0 Å². The molecule has 2 bridgehead atoms. The van der Waals surface area contributed by atoms with Crippen LogP contribution in [0.4, 0.5) is 0 Å². The van der Waals surface area contributed by atoms with Crippen LogP contribution in [0.1, 0.15) is 26.2 Å². The van der Waals surface area contributed by atoms with Crippen molar-refractivity contribution >= 4 is 17.7 Å². The van der Waals surface area contributed by atoms with Gasteiger partial charge in [0.15, 0.2) is 0 Å². The second kappa shape index (κ2) is 3.13. The van der Waals surface area contributed by atoms with Crippen molar-refractivity contribution in [3.8, 4) is 0 Å². The Labute approximate surface area is 76.4 Å². The van der Waals surface area contributed by atoms with E-state index in [1.165, 1.54) is 19.8 Å². The van der Waals surface area contributed by atoms with Crippen molar-refractivity contribution in [1.29, 1.82) is 0 Å². The Kier molecular flexibility index (Phi) is 2.13. The first-order valence-electron chi connectivity index (χ1n) is 4.28. The van der Waals surface area contributed by atoms with E-state index in [1.807, 2.05) is 11.8 Å². The van der Waals surface area contributed by atoms with Crippen LogP contribution >= 0.6 is 11.8 Å². The minimum atomic E-state index is -0.187. The molecule has 0 radical (unpaired) electrons. The Morgan fingerprint density at radius 3 is 3.17 bits per heavy atom. The lowest BCUT2D eigenvalue weighted by atomic mass is 10.2. The Morgan fingerprint density at radius 2 is 2.50 bits per heavy atom. The number of thioether (sulfide) groups is 1. The lowest BCUT2D eigenvalue weighted by Gasteiger charge is -2.17. The molecule has 0 aromatic rings. The van der Waals surface area contributed by atoms with Gasteiger partial charge in [0.1, 0.15) is 5.76 Å². The fourth-order valence-electron chi connectivity index (χ4n) is 1.77. The molecule has 1 saturated heterocycles. The summed E-state index contributed by atoms with van der Waals surface area (Å²) in [6.45, 7) is 1.46. The van der Waals surface area contributed by atoms with E-state index in [-0.39, 0.29) is 5.97 Å². The molecule has 0 aromatic carbocycles. The smallest absolute Gasteiger partial charge is 0.307 e. The zero-order chi connectivity index (χ0) is 8.55. The largest absolute Gasteiger partial charge is 0.432 e. The van der Waals surface area contributed by atoms with Crippen LogP contribution in [0.3, 0.4) is 0 Å². The second-order valence-corrected chi connectivity index (χ2v) is 4.85. The van der Waals surface area contributed by atoms with Crippen LogP contribution in [0.25, 0.3) is 0 Å². The highest BCUT2D eigenvalue weighted by Gasteiger charge is 2.30. The highest BCUT2D eigenvalue weighted by atomic mass is 32.2. The van der Waals surface area contributed by atoms with E-state index in [2.05, 4.69) is 6.08 Å². The van der Waals surface area contributed by atoms with Crippen molar-refractivity contribution in [3.05, 3.63) is 11.8 Å². The highest BCUT2D eigenvalue weighted by Crippen LogP contribution is 2.42. The summed E-state index contributed by atoms with van der Waals surface area (Å²) >= 11 is 2.02. The molecule has 2 atom stereocenters. The maximum atomic E-state index is 10.7. The fraction of sp³-hybridized carbons (Fsp3) is 0.667. The molecule has 2 nitrogen and oxygen atoms in total. The summed E-state index contributed by atoms with van der Waals surface area (Å²) in [5.74, 6) is 0.710. The van der Waals surface area contributed by atoms with Gasteiger partial charge in [-0.3, -0.25) is 4.79 Å². The Balaban J connectivity index is 2.03. The topological polar surface area (TPSA) is 26.3 Å². The molecule has 0 aromatic heterocycles. The molecule has 0 amide bonds. The van der Waals surface area contributed by atoms with Crippen LogP contribution < -0.4 is 0 Å². The number of esters is 1. The van der Waals surface area contributed by atoms with Crippen LogP contribution in [0.5, 0.6) is 0 Å². The molecule has 0 saturated carbocycles. The minimum Gasteiger partial charge on any atom is -0.432 e. The fourth-order valence-corrected chi connectivity index (χ4v) is 3.30. The van der Waals surface area contributed by atoms with E-state index >= 15 is 0 Å². The summed E-state index contributed by atoms with van der Waals surface area (Å²) in [7, 11) is 0. The van der Waals surface area contributed by atoms with Crippen LogP contribution in [0.2, 0.25) is 0 Å². The maximum absolute atomic E-state index is 10.7. The first kappa shape index (κ1) is 8.17. The van der Waals surface area contributed by atoms with E-state index in [0.717, 1.165) is 12.2 Å². The predicted molar refractivity (Wildman–Crippen MR) is 48.9 cm³/mol. The average Bonchev–Trinajstić information content (AvgIpc) is 2.29. The maximum Gasteiger partial charge on any atom is 0.307 e. The molecule has 2 rings (SSSR count). The minimum absolute atomic E-state index is 0.187. The summed E-state index contributed by atoms with van der Waals surface area (Å²) < 4.78 is 5.08. The van der Waals surface area contributed by atoms with E-state index in [4.69, 9.17) is 4.74 Å². The normalized spacial score (nSPS) is 32.9. The number of hydrogen-bond acceptors (Lipinski definition) is 3. The third kappa shape index (κ3) is 1.66.